The van der Waals surface area contributed by atoms with Gasteiger partial charge in [0.25, 0.3) is 0 Å². The summed E-state index contributed by atoms with van der Waals surface area (Å²) in [6, 6.07) is 5.20. The highest BCUT2D eigenvalue weighted by Crippen LogP contribution is 2.53. The van der Waals surface area contributed by atoms with Gasteiger partial charge in [0.2, 0.25) is 0 Å². The SMILES string of the molecule is COc1ccc(C(=O)C2CC2(C)C)c(Cl)c1. The fraction of sp³-hybridized carbons (Fsp3) is 0.462. The van der Waals surface area contributed by atoms with Gasteiger partial charge in [-0.1, -0.05) is 25.4 Å². The molecular weight excluding hydrogens is 224 g/mol. The van der Waals surface area contributed by atoms with Gasteiger partial charge >= 0.3 is 0 Å². The highest BCUT2D eigenvalue weighted by Gasteiger charge is 2.50. The minimum Gasteiger partial charge on any atom is -0.497 e. The van der Waals surface area contributed by atoms with Gasteiger partial charge in [0.05, 0.1) is 12.1 Å². The van der Waals surface area contributed by atoms with E-state index in [4.69, 9.17) is 16.3 Å². The van der Waals surface area contributed by atoms with Crippen LogP contribution in [0.25, 0.3) is 0 Å². The molecule has 0 aliphatic heterocycles. The number of carbonyl (C=O) groups excluding carboxylic acids is 1. The number of ketones is 1. The quantitative estimate of drug-likeness (QED) is 0.753. The van der Waals surface area contributed by atoms with Crippen LogP contribution >= 0.6 is 11.6 Å². The zero-order valence-corrected chi connectivity index (χ0v) is 10.5. The molecule has 0 aromatic heterocycles. The molecule has 2 nitrogen and oxygen atoms in total. The molecule has 86 valence electrons. The number of hydrogen-bond donors (Lipinski definition) is 0. The Bertz CT molecular complexity index is 438. The maximum absolute atomic E-state index is 12.1. The smallest absolute Gasteiger partial charge is 0.167 e. The second kappa shape index (κ2) is 3.77. The van der Waals surface area contributed by atoms with Gasteiger partial charge in [-0.2, -0.15) is 0 Å². The summed E-state index contributed by atoms with van der Waals surface area (Å²) in [6.45, 7) is 4.21. The summed E-state index contributed by atoms with van der Waals surface area (Å²) in [5, 5.41) is 0.479. The molecule has 0 bridgehead atoms. The van der Waals surface area contributed by atoms with E-state index in [0.29, 0.717) is 16.3 Å². The number of halogens is 1. The van der Waals surface area contributed by atoms with Crippen LogP contribution in [0.15, 0.2) is 18.2 Å². The lowest BCUT2D eigenvalue weighted by Gasteiger charge is -2.07. The summed E-state index contributed by atoms with van der Waals surface area (Å²) in [6.07, 6.45) is 0.953. The van der Waals surface area contributed by atoms with E-state index in [2.05, 4.69) is 13.8 Å². The summed E-state index contributed by atoms with van der Waals surface area (Å²) in [7, 11) is 1.58. The maximum atomic E-state index is 12.1. The number of Topliss-reactive ketones (excluding diaryl/α,β-unsaturated/α-hetero) is 1. The van der Waals surface area contributed by atoms with Gasteiger partial charge in [-0.3, -0.25) is 4.79 Å². The van der Waals surface area contributed by atoms with Crippen molar-refractivity contribution in [2.45, 2.75) is 20.3 Å². The van der Waals surface area contributed by atoms with Crippen LogP contribution in [0.3, 0.4) is 0 Å². The molecule has 1 atom stereocenters. The highest BCUT2D eigenvalue weighted by atomic mass is 35.5. The van der Waals surface area contributed by atoms with Crippen LogP contribution in [-0.2, 0) is 0 Å². The lowest BCUT2D eigenvalue weighted by Crippen LogP contribution is -2.07. The molecule has 0 radical (unpaired) electrons. The molecule has 1 fully saturated rings. The van der Waals surface area contributed by atoms with Gasteiger partial charge in [-0.05, 0) is 30.0 Å². The van der Waals surface area contributed by atoms with Crippen molar-refractivity contribution in [3.63, 3.8) is 0 Å². The molecule has 0 amide bonds. The number of benzene rings is 1. The summed E-state index contributed by atoms with van der Waals surface area (Å²) in [4.78, 5) is 12.1. The normalized spacial score (nSPS) is 21.6. The molecule has 1 saturated carbocycles. The first-order valence-electron chi connectivity index (χ1n) is 5.33. The minimum atomic E-state index is 0.124. The van der Waals surface area contributed by atoms with Gasteiger partial charge < -0.3 is 4.74 Å². The van der Waals surface area contributed by atoms with E-state index in [-0.39, 0.29) is 17.1 Å². The summed E-state index contributed by atoms with van der Waals surface area (Å²) in [5.74, 6) is 0.952. The molecule has 1 aromatic rings. The zero-order valence-electron chi connectivity index (χ0n) is 9.71. The minimum absolute atomic E-state index is 0.124. The summed E-state index contributed by atoms with van der Waals surface area (Å²) >= 11 is 6.07. The Hall–Kier alpha value is -1.02. The molecule has 0 heterocycles. The largest absolute Gasteiger partial charge is 0.497 e. The van der Waals surface area contributed by atoms with Crippen molar-refractivity contribution in [2.24, 2.45) is 11.3 Å². The molecule has 0 spiro atoms. The molecule has 1 unspecified atom stereocenters. The van der Waals surface area contributed by atoms with Crippen molar-refractivity contribution in [1.29, 1.82) is 0 Å². The van der Waals surface area contributed by atoms with E-state index in [9.17, 15) is 4.79 Å². The van der Waals surface area contributed by atoms with Gasteiger partial charge in [-0.15, -0.1) is 0 Å². The predicted molar refractivity (Wildman–Crippen MR) is 64.2 cm³/mol. The number of methoxy groups -OCH3 is 1. The van der Waals surface area contributed by atoms with Crippen LogP contribution in [-0.4, -0.2) is 12.9 Å². The Balaban J connectivity index is 2.25. The van der Waals surface area contributed by atoms with E-state index in [0.717, 1.165) is 6.42 Å². The van der Waals surface area contributed by atoms with Crippen LogP contribution in [0.4, 0.5) is 0 Å². The average Bonchev–Trinajstić information content (AvgIpc) is 2.86. The third kappa shape index (κ3) is 1.94. The molecular formula is C13H15ClO2. The second-order valence-electron chi connectivity index (χ2n) is 4.96. The van der Waals surface area contributed by atoms with Gasteiger partial charge in [0.15, 0.2) is 5.78 Å². The Kier molecular flexibility index (Phi) is 2.70. The first-order valence-corrected chi connectivity index (χ1v) is 5.71. The molecule has 16 heavy (non-hydrogen) atoms. The molecule has 2 rings (SSSR count). The van der Waals surface area contributed by atoms with E-state index >= 15 is 0 Å². The first-order chi connectivity index (χ1) is 7.45. The van der Waals surface area contributed by atoms with Gasteiger partial charge in [0, 0.05) is 11.5 Å². The predicted octanol–water partition coefficient (Wildman–Crippen LogP) is 3.58. The zero-order chi connectivity index (χ0) is 11.9. The Morgan fingerprint density at radius 1 is 1.50 bits per heavy atom. The molecule has 3 heteroatoms. The van der Waals surface area contributed by atoms with Crippen molar-refractivity contribution in [3.8, 4) is 5.75 Å². The van der Waals surface area contributed by atoms with Crippen LogP contribution in [0.2, 0.25) is 5.02 Å². The Labute approximate surface area is 101 Å². The lowest BCUT2D eigenvalue weighted by atomic mass is 10.0. The number of ether oxygens (including phenoxy) is 1. The van der Waals surface area contributed by atoms with Crippen molar-refractivity contribution in [3.05, 3.63) is 28.8 Å². The third-order valence-corrected chi connectivity index (χ3v) is 3.58. The summed E-state index contributed by atoms with van der Waals surface area (Å²) < 4.78 is 5.05. The van der Waals surface area contributed by atoms with Crippen LogP contribution in [0, 0.1) is 11.3 Å². The van der Waals surface area contributed by atoms with Gasteiger partial charge in [0.1, 0.15) is 5.75 Å². The molecule has 0 saturated heterocycles. The molecule has 1 aliphatic carbocycles. The van der Waals surface area contributed by atoms with Crippen LogP contribution < -0.4 is 4.74 Å². The Morgan fingerprint density at radius 2 is 2.12 bits per heavy atom. The molecule has 1 aromatic carbocycles. The first kappa shape index (κ1) is 11.5. The number of rotatable bonds is 3. The number of hydrogen-bond acceptors (Lipinski definition) is 2. The maximum Gasteiger partial charge on any atom is 0.167 e. The van der Waals surface area contributed by atoms with E-state index in [1.807, 2.05) is 0 Å². The Morgan fingerprint density at radius 3 is 2.56 bits per heavy atom. The number of carbonyl (C=O) groups is 1. The molecule has 1 aliphatic rings. The highest BCUT2D eigenvalue weighted by molar-refractivity contribution is 6.34. The lowest BCUT2D eigenvalue weighted by molar-refractivity contribution is 0.0953. The fourth-order valence-corrected chi connectivity index (χ4v) is 2.19. The van der Waals surface area contributed by atoms with Crippen molar-refractivity contribution in [1.82, 2.24) is 0 Å². The standard InChI is InChI=1S/C13H15ClO2/c1-13(2)7-10(13)12(15)9-5-4-8(16-3)6-11(9)14/h4-6,10H,7H2,1-3H3. The topological polar surface area (TPSA) is 26.3 Å². The second-order valence-corrected chi connectivity index (χ2v) is 5.36. The van der Waals surface area contributed by atoms with E-state index in [1.165, 1.54) is 0 Å². The average molecular weight is 239 g/mol. The van der Waals surface area contributed by atoms with Crippen molar-refractivity contribution < 1.29 is 9.53 Å². The van der Waals surface area contributed by atoms with Gasteiger partial charge in [-0.25, -0.2) is 0 Å². The van der Waals surface area contributed by atoms with E-state index < -0.39 is 0 Å². The van der Waals surface area contributed by atoms with Crippen molar-refractivity contribution in [2.75, 3.05) is 7.11 Å². The summed E-state index contributed by atoms with van der Waals surface area (Å²) in [5.41, 5.74) is 0.749. The third-order valence-electron chi connectivity index (χ3n) is 3.27. The van der Waals surface area contributed by atoms with Crippen molar-refractivity contribution >= 4 is 17.4 Å². The monoisotopic (exact) mass is 238 g/mol. The molecule has 0 N–H and O–H groups in total. The van der Waals surface area contributed by atoms with Crippen LogP contribution in [0.1, 0.15) is 30.6 Å². The fourth-order valence-electron chi connectivity index (χ4n) is 1.93. The van der Waals surface area contributed by atoms with Crippen LogP contribution in [0.5, 0.6) is 5.75 Å². The van der Waals surface area contributed by atoms with E-state index in [1.54, 1.807) is 25.3 Å².